The third kappa shape index (κ3) is 3.46. The zero-order valence-corrected chi connectivity index (χ0v) is 13.9. The highest BCUT2D eigenvalue weighted by Crippen LogP contribution is 2.23. The number of hydrogen-bond acceptors (Lipinski definition) is 3. The second-order valence-electron chi connectivity index (χ2n) is 5.88. The fraction of sp³-hybridized carbons (Fsp3) is 0.529. The minimum atomic E-state index is 0.249. The minimum Gasteiger partial charge on any atom is -0.342 e. The molecular formula is C17H23N3OS. The average Bonchev–Trinajstić information content (AvgIpc) is 2.81. The topological polar surface area (TPSA) is 38.1 Å². The summed E-state index contributed by atoms with van der Waals surface area (Å²) < 4.78 is 2.07. The molecule has 118 valence electrons. The quantitative estimate of drug-likeness (QED) is 0.814. The number of nitrogens with zero attached hydrogens (tertiary/aromatic N) is 3. The highest BCUT2D eigenvalue weighted by Gasteiger charge is 2.16. The van der Waals surface area contributed by atoms with Crippen molar-refractivity contribution in [1.29, 1.82) is 0 Å². The van der Waals surface area contributed by atoms with Crippen LogP contribution in [0.1, 0.15) is 32.1 Å². The Hall–Kier alpha value is -1.49. The highest BCUT2D eigenvalue weighted by atomic mass is 32.2. The van der Waals surface area contributed by atoms with Crippen molar-refractivity contribution in [3.8, 4) is 0 Å². The number of thioether (sulfide) groups is 1. The molecule has 3 rings (SSSR count). The predicted octanol–water partition coefficient (Wildman–Crippen LogP) is 3.46. The van der Waals surface area contributed by atoms with E-state index in [0.717, 1.165) is 42.1 Å². The molecule has 4 nitrogen and oxygen atoms in total. The van der Waals surface area contributed by atoms with Crippen LogP contribution in [0.5, 0.6) is 0 Å². The summed E-state index contributed by atoms with van der Waals surface area (Å²) in [6, 6.07) is 8.09. The van der Waals surface area contributed by atoms with Crippen LogP contribution < -0.4 is 0 Å². The van der Waals surface area contributed by atoms with Gasteiger partial charge in [-0.2, -0.15) is 0 Å². The first-order chi connectivity index (χ1) is 10.8. The summed E-state index contributed by atoms with van der Waals surface area (Å²) in [5.41, 5.74) is 2.11. The number of amides is 1. The molecule has 1 aliphatic heterocycles. The highest BCUT2D eigenvalue weighted by molar-refractivity contribution is 7.99. The molecule has 0 aliphatic carbocycles. The summed E-state index contributed by atoms with van der Waals surface area (Å²) in [5, 5.41) is 0.918. The smallest absolute Gasteiger partial charge is 0.233 e. The third-order valence-corrected chi connectivity index (χ3v) is 5.29. The van der Waals surface area contributed by atoms with Gasteiger partial charge in [0, 0.05) is 20.1 Å². The molecule has 1 aromatic carbocycles. The van der Waals surface area contributed by atoms with Gasteiger partial charge in [0.2, 0.25) is 5.91 Å². The Morgan fingerprint density at radius 3 is 2.55 bits per heavy atom. The van der Waals surface area contributed by atoms with Gasteiger partial charge in [-0.05, 0) is 25.0 Å². The first kappa shape index (κ1) is 15.4. The summed E-state index contributed by atoms with van der Waals surface area (Å²) >= 11 is 1.55. The maximum Gasteiger partial charge on any atom is 0.233 e. The number of benzene rings is 1. The number of para-hydroxylation sites is 2. The monoisotopic (exact) mass is 317 g/mol. The third-order valence-electron chi connectivity index (χ3n) is 4.28. The molecule has 0 bridgehead atoms. The van der Waals surface area contributed by atoms with Crippen LogP contribution in [-0.2, 0) is 11.8 Å². The van der Waals surface area contributed by atoms with Gasteiger partial charge in [-0.25, -0.2) is 4.98 Å². The SMILES string of the molecule is Cn1c(SCC(=O)N2CCCCCCC2)nc2ccccc21. The van der Waals surface area contributed by atoms with Gasteiger partial charge in [-0.3, -0.25) is 4.79 Å². The largest absolute Gasteiger partial charge is 0.342 e. The van der Waals surface area contributed by atoms with Crippen molar-refractivity contribution in [2.45, 2.75) is 37.3 Å². The van der Waals surface area contributed by atoms with E-state index in [1.807, 2.05) is 30.1 Å². The molecule has 1 fully saturated rings. The molecule has 2 aromatic rings. The van der Waals surface area contributed by atoms with E-state index in [4.69, 9.17) is 0 Å². The minimum absolute atomic E-state index is 0.249. The lowest BCUT2D eigenvalue weighted by Gasteiger charge is -2.24. The van der Waals surface area contributed by atoms with Crippen LogP contribution in [0.15, 0.2) is 29.4 Å². The van der Waals surface area contributed by atoms with Crippen LogP contribution in [0.25, 0.3) is 11.0 Å². The van der Waals surface area contributed by atoms with Gasteiger partial charge < -0.3 is 9.47 Å². The number of aryl methyl sites for hydroxylation is 1. The van der Waals surface area contributed by atoms with E-state index >= 15 is 0 Å². The lowest BCUT2D eigenvalue weighted by molar-refractivity contribution is -0.128. The molecule has 0 atom stereocenters. The van der Waals surface area contributed by atoms with Gasteiger partial charge in [-0.15, -0.1) is 0 Å². The van der Waals surface area contributed by atoms with E-state index < -0.39 is 0 Å². The Balaban J connectivity index is 1.62. The molecule has 2 heterocycles. The number of carbonyl (C=O) groups is 1. The molecule has 1 aliphatic rings. The van der Waals surface area contributed by atoms with Gasteiger partial charge in [0.1, 0.15) is 0 Å². The molecule has 0 radical (unpaired) electrons. The molecule has 1 saturated heterocycles. The molecule has 0 spiro atoms. The standard InChI is InChI=1S/C17H23N3OS/c1-19-15-10-6-5-9-14(15)18-17(19)22-13-16(21)20-11-7-3-2-4-8-12-20/h5-6,9-10H,2-4,7-8,11-13H2,1H3. The van der Waals surface area contributed by atoms with Crippen LogP contribution in [0.2, 0.25) is 0 Å². The van der Waals surface area contributed by atoms with Crippen molar-refractivity contribution in [1.82, 2.24) is 14.5 Å². The van der Waals surface area contributed by atoms with Crippen LogP contribution in [0.3, 0.4) is 0 Å². The van der Waals surface area contributed by atoms with Crippen molar-refractivity contribution in [3.63, 3.8) is 0 Å². The van der Waals surface area contributed by atoms with E-state index in [1.54, 1.807) is 11.8 Å². The van der Waals surface area contributed by atoms with E-state index in [0.29, 0.717) is 5.75 Å². The first-order valence-corrected chi connectivity index (χ1v) is 9.06. The van der Waals surface area contributed by atoms with Crippen LogP contribution >= 0.6 is 11.8 Å². The molecule has 5 heteroatoms. The van der Waals surface area contributed by atoms with Gasteiger partial charge >= 0.3 is 0 Å². The van der Waals surface area contributed by atoms with Gasteiger partial charge in [0.25, 0.3) is 0 Å². The number of carbonyl (C=O) groups excluding carboxylic acids is 1. The Morgan fingerprint density at radius 2 is 1.82 bits per heavy atom. The fourth-order valence-electron chi connectivity index (χ4n) is 2.97. The zero-order chi connectivity index (χ0) is 15.4. The van der Waals surface area contributed by atoms with Crippen molar-refractivity contribution < 1.29 is 4.79 Å². The van der Waals surface area contributed by atoms with Crippen LogP contribution in [0, 0.1) is 0 Å². The normalized spacial score (nSPS) is 16.5. The van der Waals surface area contributed by atoms with Gasteiger partial charge in [-0.1, -0.05) is 43.2 Å². The summed E-state index contributed by atoms with van der Waals surface area (Å²) in [6.45, 7) is 1.84. The number of hydrogen-bond donors (Lipinski definition) is 0. The number of fused-ring (bicyclic) bond motifs is 1. The maximum atomic E-state index is 12.4. The Bertz CT molecular complexity index is 644. The van der Waals surface area contributed by atoms with E-state index in [9.17, 15) is 4.79 Å². The zero-order valence-electron chi connectivity index (χ0n) is 13.1. The molecule has 0 unspecified atom stereocenters. The second-order valence-corrected chi connectivity index (χ2v) is 6.82. The molecule has 0 N–H and O–H groups in total. The van der Waals surface area contributed by atoms with Crippen molar-refractivity contribution in [3.05, 3.63) is 24.3 Å². The summed E-state index contributed by atoms with van der Waals surface area (Å²) in [6.07, 6.45) is 6.10. The Kier molecular flexibility index (Phi) is 5.03. The number of aromatic nitrogens is 2. The Labute approximate surface area is 135 Å². The maximum absolute atomic E-state index is 12.4. The number of likely N-dealkylation sites (tertiary alicyclic amines) is 1. The molecule has 1 aromatic heterocycles. The van der Waals surface area contributed by atoms with Gasteiger partial charge in [0.05, 0.1) is 16.8 Å². The number of rotatable bonds is 3. The number of imidazole rings is 1. The molecule has 1 amide bonds. The van der Waals surface area contributed by atoms with E-state index in [-0.39, 0.29) is 5.91 Å². The fourth-order valence-corrected chi connectivity index (χ4v) is 3.86. The lowest BCUT2D eigenvalue weighted by atomic mass is 10.1. The van der Waals surface area contributed by atoms with Crippen molar-refractivity contribution >= 4 is 28.7 Å². The lowest BCUT2D eigenvalue weighted by Crippen LogP contribution is -2.35. The predicted molar refractivity (Wildman–Crippen MR) is 91.1 cm³/mol. The first-order valence-electron chi connectivity index (χ1n) is 8.08. The Morgan fingerprint density at radius 1 is 1.14 bits per heavy atom. The summed E-state index contributed by atoms with van der Waals surface area (Å²) in [4.78, 5) is 19.1. The second kappa shape index (κ2) is 7.18. The van der Waals surface area contributed by atoms with Crippen LogP contribution in [0.4, 0.5) is 0 Å². The van der Waals surface area contributed by atoms with Crippen molar-refractivity contribution in [2.24, 2.45) is 7.05 Å². The van der Waals surface area contributed by atoms with Gasteiger partial charge in [0.15, 0.2) is 5.16 Å². The van der Waals surface area contributed by atoms with Crippen molar-refractivity contribution in [2.75, 3.05) is 18.8 Å². The summed E-state index contributed by atoms with van der Waals surface area (Å²) in [7, 11) is 2.01. The average molecular weight is 317 g/mol. The van der Waals surface area contributed by atoms with Crippen LogP contribution in [-0.4, -0.2) is 39.2 Å². The summed E-state index contributed by atoms with van der Waals surface area (Å²) in [5.74, 6) is 0.732. The molecule has 0 saturated carbocycles. The molecule has 22 heavy (non-hydrogen) atoms. The van der Waals surface area contributed by atoms with E-state index in [2.05, 4.69) is 15.6 Å². The van der Waals surface area contributed by atoms with E-state index in [1.165, 1.54) is 19.3 Å². The molecular weight excluding hydrogens is 294 g/mol.